The van der Waals surface area contributed by atoms with Crippen molar-refractivity contribution in [3.05, 3.63) is 28.2 Å². The van der Waals surface area contributed by atoms with E-state index in [1.165, 1.54) is 30.7 Å². The molecule has 7 N–H and O–H groups in total. The zero-order valence-corrected chi connectivity index (χ0v) is 29.7. The maximum atomic E-state index is 12.1. The molecule has 0 radical (unpaired) electrons. The maximum Gasteiger partial charge on any atom is 0.246 e. The fourth-order valence-electron chi connectivity index (χ4n) is 4.70. The summed E-state index contributed by atoms with van der Waals surface area (Å²) in [6.45, 7) is 4.25. The van der Waals surface area contributed by atoms with Gasteiger partial charge < -0.3 is 25.6 Å². The van der Waals surface area contributed by atoms with E-state index in [1.807, 2.05) is 0 Å². The molecule has 18 nitrogen and oxygen atoms in total. The Morgan fingerprint density at radius 3 is 1.47 bits per heavy atom. The molecule has 0 bridgehead atoms. The van der Waals surface area contributed by atoms with Gasteiger partial charge in [0.25, 0.3) is 0 Å². The van der Waals surface area contributed by atoms with Crippen molar-refractivity contribution in [1.29, 1.82) is 0 Å². The number of hydrogen-bond donors (Lipinski definition) is 7. The minimum atomic E-state index is -0.583. The summed E-state index contributed by atoms with van der Waals surface area (Å²) < 4.78 is 1.47. The van der Waals surface area contributed by atoms with Crippen LogP contribution in [0.4, 0.5) is 0 Å². The molecule has 6 amide bonds. The fourth-order valence-corrected chi connectivity index (χ4v) is 4.70. The molecule has 0 unspecified atom stereocenters. The zero-order valence-electron chi connectivity index (χ0n) is 29.7. The number of hydrogen-bond acceptors (Lipinski definition) is 11. The lowest BCUT2D eigenvalue weighted by molar-refractivity contribution is -0.166. The second kappa shape index (κ2) is 25.4. The molecule has 1 rings (SSSR count). The number of nitrogens with zero attached hydrogens (tertiary/aromatic N) is 4. The minimum Gasteiger partial charge on any atom is -0.503 e. The molecular formula is C33H55N7O11. The smallest absolute Gasteiger partial charge is 0.246 e. The van der Waals surface area contributed by atoms with E-state index in [9.17, 15) is 54.3 Å². The molecule has 0 aliphatic carbocycles. The summed E-state index contributed by atoms with van der Waals surface area (Å²) in [5, 5.41) is 48.8. The molecule has 0 aliphatic heterocycles. The van der Waals surface area contributed by atoms with Gasteiger partial charge in [0, 0.05) is 84.1 Å². The number of carbonyl (C=O) groups is 6. The number of pyridine rings is 1. The zero-order chi connectivity index (χ0) is 38.2. The average Bonchev–Trinajstić information content (AvgIpc) is 3.10. The Labute approximate surface area is 297 Å². The van der Waals surface area contributed by atoms with E-state index in [2.05, 4.69) is 16.0 Å². The molecule has 0 aromatic carbocycles. The van der Waals surface area contributed by atoms with E-state index in [0.717, 1.165) is 0 Å². The summed E-state index contributed by atoms with van der Waals surface area (Å²) >= 11 is 0. The second-order valence-electron chi connectivity index (χ2n) is 12.1. The van der Waals surface area contributed by atoms with Crippen LogP contribution in [0, 0.1) is 6.92 Å². The van der Waals surface area contributed by atoms with Gasteiger partial charge in [0.05, 0.1) is 5.69 Å². The number of amides is 6. The summed E-state index contributed by atoms with van der Waals surface area (Å²) in [7, 11) is 0. The van der Waals surface area contributed by atoms with Gasteiger partial charge in [0.1, 0.15) is 6.54 Å². The number of nitrogens with one attached hydrogen (secondary N) is 3. The highest BCUT2D eigenvalue weighted by Gasteiger charge is 2.15. The first-order chi connectivity index (χ1) is 24.2. The van der Waals surface area contributed by atoms with E-state index in [1.54, 1.807) is 0 Å². The van der Waals surface area contributed by atoms with Crippen LogP contribution in [0.3, 0.4) is 0 Å². The van der Waals surface area contributed by atoms with Crippen molar-refractivity contribution < 1.29 is 49.5 Å². The van der Waals surface area contributed by atoms with Gasteiger partial charge in [0.15, 0.2) is 5.75 Å². The van der Waals surface area contributed by atoms with Gasteiger partial charge in [-0.3, -0.25) is 49.2 Å². The summed E-state index contributed by atoms with van der Waals surface area (Å²) in [5.74, 6) is -2.93. The highest BCUT2D eigenvalue weighted by atomic mass is 16.5. The summed E-state index contributed by atoms with van der Waals surface area (Å²) in [5.41, 5.74) is -0.218. The molecule has 0 saturated carbocycles. The van der Waals surface area contributed by atoms with E-state index in [-0.39, 0.29) is 69.6 Å². The monoisotopic (exact) mass is 725 g/mol. The van der Waals surface area contributed by atoms with Crippen LogP contribution in [0.1, 0.15) is 96.1 Å². The van der Waals surface area contributed by atoms with Gasteiger partial charge >= 0.3 is 0 Å². The Hall–Kier alpha value is -4.55. The third kappa shape index (κ3) is 20.0. The largest absolute Gasteiger partial charge is 0.503 e. The van der Waals surface area contributed by atoms with Crippen molar-refractivity contribution in [2.75, 3.05) is 39.3 Å². The van der Waals surface area contributed by atoms with E-state index in [0.29, 0.717) is 98.3 Å². The van der Waals surface area contributed by atoms with Crippen LogP contribution in [0.5, 0.6) is 5.75 Å². The first-order valence-electron chi connectivity index (χ1n) is 17.4. The predicted octanol–water partition coefficient (Wildman–Crippen LogP) is 0.956. The Balaban J connectivity index is 2.03. The number of rotatable bonds is 26. The number of aromatic nitrogens is 1. The van der Waals surface area contributed by atoms with Gasteiger partial charge in [0.2, 0.25) is 40.9 Å². The van der Waals surface area contributed by atoms with Crippen molar-refractivity contribution in [3.8, 4) is 5.75 Å². The van der Waals surface area contributed by atoms with Crippen LogP contribution in [-0.4, -0.2) is 115 Å². The number of aromatic hydroxyl groups is 1. The fraction of sp³-hybridized carbons (Fsp3) is 0.667. The predicted molar refractivity (Wildman–Crippen MR) is 182 cm³/mol. The van der Waals surface area contributed by atoms with Crippen LogP contribution in [-0.2, 0) is 35.3 Å². The number of carbonyl (C=O) groups excluding carboxylic acids is 6. The molecule has 1 aromatic heterocycles. The molecular weight excluding hydrogens is 670 g/mol. The Morgan fingerprint density at radius 2 is 1.04 bits per heavy atom. The highest BCUT2D eigenvalue weighted by molar-refractivity contribution is 5.83. The summed E-state index contributed by atoms with van der Waals surface area (Å²) in [4.78, 5) is 82.6. The first kappa shape index (κ1) is 44.5. The van der Waals surface area contributed by atoms with E-state index < -0.39 is 28.9 Å². The lowest BCUT2D eigenvalue weighted by Gasteiger charge is -2.15. The minimum absolute atomic E-state index is 0.0522. The highest BCUT2D eigenvalue weighted by Crippen LogP contribution is 2.09. The Bertz CT molecular complexity index is 1340. The van der Waals surface area contributed by atoms with Crippen molar-refractivity contribution in [3.63, 3.8) is 0 Å². The summed E-state index contributed by atoms with van der Waals surface area (Å²) in [6, 6.07) is 1.18. The molecule has 0 aliphatic rings. The standard InChI is InChI=1S/C33H55N7O11/c1-25-33(48)27(42)16-23-37(25)24-30(45)36-19-8-5-11-22-40(51)32(47)15-13-29(44)35-18-7-4-10-21-39(50)31(46)14-12-28(43)34-17-6-3-9-20-38(49)26(2)41/h16,23,48-51H,3-15,17-22,24H2,1-2H3,(H,34,43)(H,35,44)(H,36,45). The van der Waals surface area contributed by atoms with Crippen molar-refractivity contribution in [2.45, 2.75) is 104 Å². The summed E-state index contributed by atoms with van der Waals surface area (Å²) in [6.07, 6.45) is 6.31. The van der Waals surface area contributed by atoms with Gasteiger partial charge in [-0.15, -0.1) is 0 Å². The van der Waals surface area contributed by atoms with Crippen LogP contribution >= 0.6 is 0 Å². The molecule has 0 atom stereocenters. The van der Waals surface area contributed by atoms with Crippen LogP contribution in [0.25, 0.3) is 0 Å². The first-order valence-corrected chi connectivity index (χ1v) is 17.4. The Morgan fingerprint density at radius 1 is 0.627 bits per heavy atom. The van der Waals surface area contributed by atoms with Gasteiger partial charge in [-0.25, -0.2) is 15.2 Å². The normalized spacial score (nSPS) is 10.7. The topological polar surface area (TPSA) is 251 Å². The van der Waals surface area contributed by atoms with Crippen LogP contribution in [0.2, 0.25) is 0 Å². The molecule has 0 fully saturated rings. The van der Waals surface area contributed by atoms with Gasteiger partial charge in [-0.05, 0) is 64.7 Å². The lowest BCUT2D eigenvalue weighted by Crippen LogP contribution is -2.31. The van der Waals surface area contributed by atoms with Gasteiger partial charge in [-0.2, -0.15) is 0 Å². The second-order valence-corrected chi connectivity index (χ2v) is 12.1. The molecule has 288 valence electrons. The SMILES string of the molecule is CC(=O)N(O)CCCCCNC(=O)CCC(=O)N(O)CCCCCNC(=O)CCC(=O)N(O)CCCCCNC(=O)Cn1ccc(=O)c(O)c1C. The molecule has 18 heteroatoms. The third-order valence-electron chi connectivity index (χ3n) is 7.90. The molecule has 0 spiro atoms. The van der Waals surface area contributed by atoms with Crippen molar-refractivity contribution in [1.82, 2.24) is 35.7 Å². The third-order valence-corrected chi connectivity index (χ3v) is 7.90. The quantitative estimate of drug-likeness (QED) is 0.0402. The van der Waals surface area contributed by atoms with Crippen LogP contribution in [0.15, 0.2) is 17.1 Å². The van der Waals surface area contributed by atoms with E-state index >= 15 is 0 Å². The van der Waals surface area contributed by atoms with Crippen LogP contribution < -0.4 is 21.4 Å². The Kier molecular flexibility index (Phi) is 22.2. The molecule has 51 heavy (non-hydrogen) atoms. The number of hydroxylamine groups is 6. The number of unbranched alkanes of at least 4 members (excludes halogenated alkanes) is 6. The molecule has 0 saturated heterocycles. The van der Waals surface area contributed by atoms with Gasteiger partial charge in [-0.1, -0.05) is 0 Å². The molecule has 1 aromatic rings. The van der Waals surface area contributed by atoms with Crippen molar-refractivity contribution >= 4 is 35.4 Å². The maximum absolute atomic E-state index is 12.1. The average molecular weight is 726 g/mol. The van der Waals surface area contributed by atoms with E-state index in [4.69, 9.17) is 0 Å². The van der Waals surface area contributed by atoms with Crippen molar-refractivity contribution in [2.24, 2.45) is 0 Å². The lowest BCUT2D eigenvalue weighted by atomic mass is 10.2. The molecule has 1 heterocycles.